The maximum absolute atomic E-state index is 12.1. The number of anilines is 1. The first-order valence-corrected chi connectivity index (χ1v) is 6.59. The molecule has 2 N–H and O–H groups in total. The Morgan fingerprint density at radius 1 is 1.35 bits per heavy atom. The predicted molar refractivity (Wildman–Crippen MR) is 63.9 cm³/mol. The van der Waals surface area contributed by atoms with Crippen molar-refractivity contribution in [1.82, 2.24) is 0 Å². The lowest BCUT2D eigenvalue weighted by molar-refractivity contribution is -0.0499. The van der Waals surface area contributed by atoms with E-state index in [1.165, 1.54) is 6.07 Å². The molecule has 0 fully saturated rings. The Hall–Kier alpha value is -0.710. The van der Waals surface area contributed by atoms with Crippen molar-refractivity contribution in [1.29, 1.82) is 0 Å². The lowest BCUT2D eigenvalue weighted by Gasteiger charge is -2.12. The average Bonchev–Trinajstić information content (AvgIpc) is 2.12. The number of rotatable bonds is 2. The van der Waals surface area contributed by atoms with Gasteiger partial charge in [-0.05, 0) is 47.2 Å². The number of hydrogen-bond acceptors (Lipinski definition) is 4. The lowest BCUT2D eigenvalue weighted by Crippen LogP contribution is -2.28. The van der Waals surface area contributed by atoms with Crippen molar-refractivity contribution in [2.75, 3.05) is 5.73 Å². The molecule has 17 heavy (non-hydrogen) atoms. The van der Waals surface area contributed by atoms with Crippen molar-refractivity contribution >= 4 is 38.4 Å². The Kier molecular flexibility index (Phi) is 3.81. The summed E-state index contributed by atoms with van der Waals surface area (Å²) < 4.78 is 62.4. The second-order valence-electron chi connectivity index (χ2n) is 3.12. The fourth-order valence-electron chi connectivity index (χ4n) is 0.908. The Morgan fingerprint density at radius 3 is 2.35 bits per heavy atom. The molecule has 0 saturated heterocycles. The molecule has 0 amide bonds. The zero-order valence-electron chi connectivity index (χ0n) is 8.38. The fraction of sp³-hybridized carbons (Fsp3) is 0.250. The van der Waals surface area contributed by atoms with Gasteiger partial charge in [0.15, 0.2) is 5.75 Å². The first-order chi connectivity index (χ1) is 7.54. The van der Waals surface area contributed by atoms with Crippen LogP contribution in [0.25, 0.3) is 0 Å². The second kappa shape index (κ2) is 4.52. The summed E-state index contributed by atoms with van der Waals surface area (Å²) in [5.41, 5.74) is 0.292. The highest BCUT2D eigenvalue weighted by molar-refractivity contribution is 14.1. The largest absolute Gasteiger partial charge is 0.534 e. The molecular weight excluding hydrogens is 374 g/mol. The van der Waals surface area contributed by atoms with Crippen LogP contribution in [-0.2, 0) is 10.1 Å². The summed E-state index contributed by atoms with van der Waals surface area (Å²) in [6.45, 7) is 1.59. The van der Waals surface area contributed by atoms with Gasteiger partial charge in [0.25, 0.3) is 0 Å². The van der Waals surface area contributed by atoms with E-state index in [1.807, 2.05) is 22.6 Å². The van der Waals surface area contributed by atoms with Crippen LogP contribution >= 0.6 is 22.6 Å². The number of benzene rings is 1. The Balaban J connectivity index is 3.18. The van der Waals surface area contributed by atoms with Crippen LogP contribution in [0.2, 0.25) is 0 Å². The SMILES string of the molecule is Cc1cc(OS(=O)(=O)C(F)(F)F)c(N)cc1I. The maximum atomic E-state index is 12.1. The Labute approximate surface area is 109 Å². The number of alkyl halides is 3. The average molecular weight is 381 g/mol. The van der Waals surface area contributed by atoms with E-state index in [0.717, 1.165) is 6.07 Å². The van der Waals surface area contributed by atoms with Gasteiger partial charge in [0, 0.05) is 3.57 Å². The highest BCUT2D eigenvalue weighted by Gasteiger charge is 2.48. The Bertz CT molecular complexity index is 542. The van der Waals surface area contributed by atoms with E-state index in [1.54, 1.807) is 6.92 Å². The summed E-state index contributed by atoms with van der Waals surface area (Å²) >= 11 is 1.91. The predicted octanol–water partition coefficient (Wildman–Crippen LogP) is 2.41. The first-order valence-electron chi connectivity index (χ1n) is 4.11. The van der Waals surface area contributed by atoms with Gasteiger partial charge in [-0.2, -0.15) is 21.6 Å². The van der Waals surface area contributed by atoms with E-state index in [4.69, 9.17) is 5.73 Å². The molecule has 0 unspecified atom stereocenters. The Morgan fingerprint density at radius 2 is 1.88 bits per heavy atom. The molecule has 96 valence electrons. The van der Waals surface area contributed by atoms with E-state index >= 15 is 0 Å². The monoisotopic (exact) mass is 381 g/mol. The third-order valence-corrected chi connectivity index (χ3v) is 3.90. The number of hydrogen-bond donors (Lipinski definition) is 1. The van der Waals surface area contributed by atoms with Crippen LogP contribution in [-0.4, -0.2) is 13.9 Å². The quantitative estimate of drug-likeness (QED) is 0.370. The molecule has 4 nitrogen and oxygen atoms in total. The molecule has 0 aromatic heterocycles. The summed E-state index contributed by atoms with van der Waals surface area (Å²) in [6, 6.07) is 2.47. The summed E-state index contributed by atoms with van der Waals surface area (Å²) in [4.78, 5) is 0. The topological polar surface area (TPSA) is 69.4 Å². The summed E-state index contributed by atoms with van der Waals surface area (Å²) in [5.74, 6) is -0.528. The molecule has 0 radical (unpaired) electrons. The molecule has 0 aliphatic rings. The van der Waals surface area contributed by atoms with Gasteiger partial charge in [-0.1, -0.05) is 0 Å². The lowest BCUT2D eigenvalue weighted by atomic mass is 10.2. The summed E-state index contributed by atoms with van der Waals surface area (Å²) in [5, 5.41) is 0. The van der Waals surface area contributed by atoms with Crippen molar-refractivity contribution in [2.45, 2.75) is 12.4 Å². The molecule has 1 rings (SSSR count). The minimum absolute atomic E-state index is 0.173. The highest BCUT2D eigenvalue weighted by atomic mass is 127. The molecular formula is C8H7F3INO3S. The van der Waals surface area contributed by atoms with Gasteiger partial charge >= 0.3 is 15.6 Å². The molecule has 1 aromatic carbocycles. The van der Waals surface area contributed by atoms with Gasteiger partial charge in [0.05, 0.1) is 5.69 Å². The molecule has 0 bridgehead atoms. The van der Waals surface area contributed by atoms with Crippen molar-refractivity contribution in [3.8, 4) is 5.75 Å². The highest BCUT2D eigenvalue weighted by Crippen LogP contribution is 2.32. The van der Waals surface area contributed by atoms with E-state index in [9.17, 15) is 21.6 Å². The van der Waals surface area contributed by atoms with Crippen LogP contribution in [0.4, 0.5) is 18.9 Å². The van der Waals surface area contributed by atoms with Crippen molar-refractivity contribution < 1.29 is 25.8 Å². The minimum Gasteiger partial charge on any atom is -0.396 e. The van der Waals surface area contributed by atoms with Gasteiger partial charge in [-0.3, -0.25) is 0 Å². The van der Waals surface area contributed by atoms with Crippen LogP contribution in [0, 0.1) is 10.5 Å². The first kappa shape index (κ1) is 14.4. The molecule has 1 aromatic rings. The van der Waals surface area contributed by atoms with Crippen molar-refractivity contribution in [2.24, 2.45) is 0 Å². The van der Waals surface area contributed by atoms with Crippen LogP contribution in [0.5, 0.6) is 5.75 Å². The third kappa shape index (κ3) is 3.15. The molecule has 0 heterocycles. The number of halogens is 4. The minimum atomic E-state index is -5.69. The van der Waals surface area contributed by atoms with Gasteiger partial charge in [0.1, 0.15) is 0 Å². The van der Waals surface area contributed by atoms with Crippen LogP contribution in [0.3, 0.4) is 0 Å². The number of aryl methyl sites for hydroxylation is 1. The molecule has 0 atom stereocenters. The van der Waals surface area contributed by atoms with Gasteiger partial charge < -0.3 is 9.92 Å². The maximum Gasteiger partial charge on any atom is 0.534 e. The zero-order chi connectivity index (χ0) is 13.4. The van der Waals surface area contributed by atoms with E-state index in [0.29, 0.717) is 9.13 Å². The van der Waals surface area contributed by atoms with E-state index < -0.39 is 21.4 Å². The number of nitrogens with two attached hydrogens (primary N) is 1. The summed E-state index contributed by atoms with van der Waals surface area (Å²) in [6.07, 6.45) is 0. The molecule has 9 heteroatoms. The fourth-order valence-corrected chi connectivity index (χ4v) is 1.87. The van der Waals surface area contributed by atoms with Crippen molar-refractivity contribution in [3.05, 3.63) is 21.3 Å². The van der Waals surface area contributed by atoms with Crippen LogP contribution < -0.4 is 9.92 Å². The van der Waals surface area contributed by atoms with E-state index in [-0.39, 0.29) is 5.69 Å². The summed E-state index contributed by atoms with van der Waals surface area (Å²) in [7, 11) is -5.69. The molecule has 0 spiro atoms. The molecule has 0 saturated carbocycles. The standard InChI is InChI=1S/C8H7F3INO3S/c1-4-2-7(6(13)3-5(4)12)16-17(14,15)8(9,10)11/h2-3H,13H2,1H3. The zero-order valence-corrected chi connectivity index (χ0v) is 11.4. The molecule has 0 aliphatic heterocycles. The van der Waals surface area contributed by atoms with Crippen LogP contribution in [0.1, 0.15) is 5.56 Å². The molecule has 0 aliphatic carbocycles. The number of nitrogen functional groups attached to an aromatic ring is 1. The van der Waals surface area contributed by atoms with Crippen molar-refractivity contribution in [3.63, 3.8) is 0 Å². The third-order valence-electron chi connectivity index (χ3n) is 1.77. The normalized spacial score (nSPS) is 12.5. The smallest absolute Gasteiger partial charge is 0.396 e. The van der Waals surface area contributed by atoms with Gasteiger partial charge in [0.2, 0.25) is 0 Å². The van der Waals surface area contributed by atoms with Gasteiger partial charge in [-0.25, -0.2) is 0 Å². The second-order valence-corrected chi connectivity index (χ2v) is 5.82. The van der Waals surface area contributed by atoms with Gasteiger partial charge in [-0.15, -0.1) is 0 Å². The van der Waals surface area contributed by atoms with E-state index in [2.05, 4.69) is 4.18 Å². The van der Waals surface area contributed by atoms with Crippen LogP contribution in [0.15, 0.2) is 12.1 Å².